The van der Waals surface area contributed by atoms with Crippen LogP contribution in [0.2, 0.25) is 5.02 Å². The minimum atomic E-state index is -0.533. The molecule has 6 nitrogen and oxygen atoms in total. The van der Waals surface area contributed by atoms with Gasteiger partial charge >= 0.3 is 5.97 Å². The van der Waals surface area contributed by atoms with Crippen molar-refractivity contribution in [2.75, 3.05) is 38.2 Å². The topological polar surface area (TPSA) is 69.1 Å². The molecule has 0 spiro atoms. The van der Waals surface area contributed by atoms with Gasteiger partial charge in [0.25, 0.3) is 5.91 Å². The molecule has 3 rings (SSSR count). The molecule has 142 valence electrons. The first-order valence-electron chi connectivity index (χ1n) is 8.83. The van der Waals surface area contributed by atoms with Crippen molar-refractivity contribution in [2.24, 2.45) is 0 Å². The van der Waals surface area contributed by atoms with Crippen LogP contribution in [0.5, 0.6) is 0 Å². The van der Waals surface area contributed by atoms with Crippen LogP contribution in [0.3, 0.4) is 0 Å². The predicted molar refractivity (Wildman–Crippen MR) is 102 cm³/mol. The Hall–Kier alpha value is -2.41. The van der Waals surface area contributed by atoms with Crippen molar-refractivity contribution in [1.29, 1.82) is 0 Å². The number of benzene rings is 2. The lowest BCUT2D eigenvalue weighted by atomic mass is 10.1. The molecule has 0 saturated carbocycles. The quantitative estimate of drug-likeness (QED) is 0.735. The third-order valence-corrected chi connectivity index (χ3v) is 4.66. The Morgan fingerprint density at radius 2 is 1.78 bits per heavy atom. The fourth-order valence-electron chi connectivity index (χ4n) is 2.85. The van der Waals surface area contributed by atoms with Crippen LogP contribution in [0.1, 0.15) is 15.9 Å². The number of carbonyl (C=O) groups excluding carboxylic acids is 2. The molecule has 1 saturated heterocycles. The summed E-state index contributed by atoms with van der Waals surface area (Å²) in [6.45, 7) is 4.09. The highest BCUT2D eigenvalue weighted by Crippen LogP contribution is 2.20. The first kappa shape index (κ1) is 19.4. The highest BCUT2D eigenvalue weighted by molar-refractivity contribution is 6.33. The van der Waals surface area contributed by atoms with Crippen molar-refractivity contribution in [3.05, 3.63) is 64.7 Å². The van der Waals surface area contributed by atoms with Crippen molar-refractivity contribution in [3.8, 4) is 0 Å². The monoisotopic (exact) mass is 389 g/mol. The summed E-state index contributed by atoms with van der Waals surface area (Å²) >= 11 is 5.98. The van der Waals surface area contributed by atoms with Crippen molar-refractivity contribution in [3.63, 3.8) is 0 Å². The second-order valence-corrected chi connectivity index (χ2v) is 6.75. The molecule has 0 atom stereocenters. The van der Waals surface area contributed by atoms with E-state index in [1.54, 1.807) is 36.4 Å². The molecule has 1 fully saturated rings. The number of anilines is 1. The van der Waals surface area contributed by atoms with Crippen molar-refractivity contribution < 1.29 is 24.0 Å². The van der Waals surface area contributed by atoms with Gasteiger partial charge in [-0.3, -0.25) is 4.79 Å². The molecule has 2 aromatic carbocycles. The number of ether oxygens (including phenoxy) is 2. The van der Waals surface area contributed by atoms with Gasteiger partial charge in [0.1, 0.15) is 19.6 Å². The lowest BCUT2D eigenvalue weighted by molar-refractivity contribution is -0.921. The largest absolute Gasteiger partial charge is 0.452 e. The molecule has 1 amide bonds. The Morgan fingerprint density at radius 3 is 2.48 bits per heavy atom. The highest BCUT2D eigenvalue weighted by atomic mass is 35.5. The maximum absolute atomic E-state index is 12.1. The van der Waals surface area contributed by atoms with Gasteiger partial charge in [0.15, 0.2) is 6.61 Å². The van der Waals surface area contributed by atoms with Crippen LogP contribution in [-0.2, 0) is 20.8 Å². The summed E-state index contributed by atoms with van der Waals surface area (Å²) in [7, 11) is 0. The lowest BCUT2D eigenvalue weighted by Crippen LogP contribution is -3.12. The van der Waals surface area contributed by atoms with Crippen molar-refractivity contribution >= 4 is 29.2 Å². The molecular formula is C20H22ClN2O4+. The molecule has 2 N–H and O–H groups in total. The summed E-state index contributed by atoms with van der Waals surface area (Å²) in [5.41, 5.74) is 2.05. The Kier molecular flexibility index (Phi) is 6.81. The highest BCUT2D eigenvalue weighted by Gasteiger charge is 2.15. The fraction of sp³-hybridized carbons (Fsp3) is 0.300. The molecular weight excluding hydrogens is 368 g/mol. The van der Waals surface area contributed by atoms with E-state index in [-0.39, 0.29) is 6.61 Å². The van der Waals surface area contributed by atoms with Gasteiger partial charge in [0.05, 0.1) is 29.5 Å². The Bertz CT molecular complexity index is 789. The lowest BCUT2D eigenvalue weighted by Gasteiger charge is -2.23. The number of hydrogen-bond donors (Lipinski definition) is 2. The molecule has 0 radical (unpaired) electrons. The van der Waals surface area contributed by atoms with Crippen LogP contribution in [0.4, 0.5) is 5.69 Å². The third kappa shape index (κ3) is 5.79. The van der Waals surface area contributed by atoms with E-state index in [2.05, 4.69) is 5.32 Å². The molecule has 0 aliphatic carbocycles. The predicted octanol–water partition coefficient (Wildman–Crippen LogP) is 1.55. The molecule has 0 aromatic heterocycles. The molecule has 0 bridgehead atoms. The zero-order valence-electron chi connectivity index (χ0n) is 14.9. The van der Waals surface area contributed by atoms with Gasteiger partial charge in [0.2, 0.25) is 0 Å². The maximum Gasteiger partial charge on any atom is 0.338 e. The Balaban J connectivity index is 1.47. The van der Waals surface area contributed by atoms with Crippen LogP contribution >= 0.6 is 11.6 Å². The number of nitrogens with one attached hydrogen (secondary N) is 2. The number of morpholine rings is 1. The number of para-hydroxylation sites is 1. The normalized spacial score (nSPS) is 14.6. The van der Waals surface area contributed by atoms with Crippen molar-refractivity contribution in [1.82, 2.24) is 0 Å². The minimum absolute atomic E-state index is 0.371. The third-order valence-electron chi connectivity index (χ3n) is 4.33. The Labute approximate surface area is 163 Å². The van der Waals surface area contributed by atoms with Crippen LogP contribution in [-0.4, -0.2) is 44.8 Å². The summed E-state index contributed by atoms with van der Waals surface area (Å²) in [5, 5.41) is 3.04. The first-order chi connectivity index (χ1) is 13.1. The number of carbonyl (C=O) groups is 2. The molecule has 1 heterocycles. The van der Waals surface area contributed by atoms with Crippen LogP contribution in [0.25, 0.3) is 0 Å². The van der Waals surface area contributed by atoms with E-state index in [1.807, 2.05) is 12.1 Å². The molecule has 0 unspecified atom stereocenters. The van der Waals surface area contributed by atoms with Gasteiger partial charge in [-0.05, 0) is 24.3 Å². The molecule has 2 aromatic rings. The fourth-order valence-corrected chi connectivity index (χ4v) is 3.03. The van der Waals surface area contributed by atoms with E-state index in [9.17, 15) is 9.59 Å². The van der Waals surface area contributed by atoms with Gasteiger partial charge in [-0.15, -0.1) is 0 Å². The summed E-state index contributed by atoms with van der Waals surface area (Å²) in [5.74, 6) is -0.974. The Morgan fingerprint density at radius 1 is 1.07 bits per heavy atom. The average Bonchev–Trinajstić information content (AvgIpc) is 2.69. The van der Waals surface area contributed by atoms with Gasteiger partial charge in [-0.2, -0.15) is 0 Å². The average molecular weight is 390 g/mol. The van der Waals surface area contributed by atoms with Gasteiger partial charge in [0, 0.05) is 5.56 Å². The maximum atomic E-state index is 12.1. The summed E-state index contributed by atoms with van der Waals surface area (Å²) in [6, 6.07) is 14.2. The van der Waals surface area contributed by atoms with E-state index >= 15 is 0 Å². The van der Waals surface area contributed by atoms with Crippen LogP contribution in [0.15, 0.2) is 48.5 Å². The summed E-state index contributed by atoms with van der Waals surface area (Å²) in [6.07, 6.45) is 0. The molecule has 1 aliphatic rings. The van der Waals surface area contributed by atoms with Crippen LogP contribution in [0, 0.1) is 0 Å². The number of quaternary nitrogens is 1. The molecule has 7 heteroatoms. The minimum Gasteiger partial charge on any atom is -0.452 e. The zero-order chi connectivity index (χ0) is 19.1. The standard InChI is InChI=1S/C20H21ClN2O4/c21-17-3-1-2-4-18(17)22-19(24)14-27-20(25)16-7-5-15(6-8-16)13-23-9-11-26-12-10-23/h1-8H,9-14H2,(H,22,24)/p+1. The second-order valence-electron chi connectivity index (χ2n) is 6.34. The SMILES string of the molecule is O=C(COC(=O)c1ccc(C[NH+]2CCOCC2)cc1)Nc1ccccc1Cl. The van der Waals surface area contributed by atoms with E-state index in [0.717, 1.165) is 38.4 Å². The van der Waals surface area contributed by atoms with Gasteiger partial charge < -0.3 is 19.7 Å². The summed E-state index contributed by atoms with van der Waals surface area (Å²) in [4.78, 5) is 25.5. The second kappa shape index (κ2) is 9.50. The zero-order valence-corrected chi connectivity index (χ0v) is 15.6. The summed E-state index contributed by atoms with van der Waals surface area (Å²) < 4.78 is 10.4. The first-order valence-corrected chi connectivity index (χ1v) is 9.21. The van der Waals surface area contributed by atoms with Crippen LogP contribution < -0.4 is 10.2 Å². The smallest absolute Gasteiger partial charge is 0.338 e. The molecule has 27 heavy (non-hydrogen) atoms. The van der Waals surface area contributed by atoms with E-state index in [4.69, 9.17) is 21.1 Å². The van der Waals surface area contributed by atoms with E-state index < -0.39 is 11.9 Å². The number of esters is 1. The number of rotatable bonds is 6. The van der Waals surface area contributed by atoms with Crippen molar-refractivity contribution in [2.45, 2.75) is 6.54 Å². The van der Waals surface area contributed by atoms with E-state index in [1.165, 1.54) is 4.90 Å². The van der Waals surface area contributed by atoms with Gasteiger partial charge in [-0.25, -0.2) is 4.79 Å². The number of amides is 1. The van der Waals surface area contributed by atoms with E-state index in [0.29, 0.717) is 16.3 Å². The number of halogens is 1. The van der Waals surface area contributed by atoms with Gasteiger partial charge in [-0.1, -0.05) is 35.9 Å². The molecule has 1 aliphatic heterocycles. The number of hydrogen-bond acceptors (Lipinski definition) is 4.